The third-order valence-corrected chi connectivity index (χ3v) is 4.03. The third-order valence-electron chi connectivity index (χ3n) is 2.71. The maximum absolute atomic E-state index is 12.2. The van der Waals surface area contributed by atoms with Gasteiger partial charge in [-0.25, -0.2) is 0 Å². The Morgan fingerprint density at radius 3 is 2.83 bits per heavy atom. The van der Waals surface area contributed by atoms with E-state index in [0.717, 1.165) is 49.7 Å². The Morgan fingerprint density at radius 2 is 2.17 bits per heavy atom. The highest BCUT2D eigenvalue weighted by molar-refractivity contribution is 9.09. The lowest BCUT2D eigenvalue weighted by atomic mass is 10.2. The van der Waals surface area contributed by atoms with E-state index in [1.54, 1.807) is 4.90 Å². The van der Waals surface area contributed by atoms with E-state index in [4.69, 9.17) is 0 Å². The van der Waals surface area contributed by atoms with E-state index in [9.17, 15) is 4.79 Å². The summed E-state index contributed by atoms with van der Waals surface area (Å²) in [6.07, 6.45) is 5.16. The lowest BCUT2D eigenvalue weighted by Gasteiger charge is -2.16. The Labute approximate surface area is 121 Å². The minimum absolute atomic E-state index is 0.0623. The van der Waals surface area contributed by atoms with Crippen molar-refractivity contribution in [2.45, 2.75) is 39.0 Å². The molecule has 0 radical (unpaired) electrons. The Morgan fingerprint density at radius 1 is 1.39 bits per heavy atom. The zero-order valence-corrected chi connectivity index (χ0v) is 13.4. The predicted octanol–water partition coefficient (Wildman–Crippen LogP) is 3.13. The van der Waals surface area contributed by atoms with Crippen LogP contribution in [0.3, 0.4) is 0 Å². The molecule has 102 valence electrons. The van der Waals surface area contributed by atoms with Crippen LogP contribution in [0.15, 0.2) is 0 Å². The van der Waals surface area contributed by atoms with Crippen LogP contribution in [0.5, 0.6) is 0 Å². The number of hydrogen-bond donors (Lipinski definition) is 0. The first-order valence-electron chi connectivity index (χ1n) is 6.33. The van der Waals surface area contributed by atoms with Crippen LogP contribution in [-0.2, 0) is 6.42 Å². The van der Waals surface area contributed by atoms with E-state index in [2.05, 4.69) is 32.4 Å². The van der Waals surface area contributed by atoms with Crippen molar-refractivity contribution in [3.63, 3.8) is 0 Å². The van der Waals surface area contributed by atoms with Crippen LogP contribution in [0.1, 0.15) is 48.0 Å². The van der Waals surface area contributed by atoms with Crippen LogP contribution >= 0.6 is 27.5 Å². The number of aromatic nitrogens is 2. The minimum Gasteiger partial charge on any atom is -0.341 e. The molecule has 4 nitrogen and oxygen atoms in total. The second kappa shape index (κ2) is 8.58. The second-order valence-corrected chi connectivity index (χ2v) is 5.82. The fraction of sp³-hybridized carbons (Fsp3) is 0.750. The van der Waals surface area contributed by atoms with Gasteiger partial charge < -0.3 is 4.90 Å². The molecule has 0 aliphatic heterocycles. The van der Waals surface area contributed by atoms with Gasteiger partial charge in [0.25, 0.3) is 5.91 Å². The molecule has 1 aromatic heterocycles. The molecular formula is C12H20BrN3OS. The minimum atomic E-state index is 0.0623. The molecule has 0 unspecified atom stereocenters. The van der Waals surface area contributed by atoms with E-state index >= 15 is 0 Å². The molecular weight excluding hydrogens is 314 g/mol. The molecule has 0 aromatic carbocycles. The number of rotatable bonds is 8. The summed E-state index contributed by atoms with van der Waals surface area (Å²) < 4.78 is 3.89. The number of aryl methyl sites for hydroxylation is 1. The monoisotopic (exact) mass is 333 g/mol. The topological polar surface area (TPSA) is 46.1 Å². The van der Waals surface area contributed by atoms with Crippen molar-refractivity contribution >= 4 is 33.4 Å². The van der Waals surface area contributed by atoms with Gasteiger partial charge in [0.15, 0.2) is 0 Å². The highest BCUT2D eigenvalue weighted by Crippen LogP contribution is 2.15. The van der Waals surface area contributed by atoms with Crippen molar-refractivity contribution < 1.29 is 4.79 Å². The molecule has 1 rings (SSSR count). The molecule has 0 N–H and O–H groups in total. The summed E-state index contributed by atoms with van der Waals surface area (Å²) in [4.78, 5) is 14.7. The number of alkyl halides is 1. The number of carbonyl (C=O) groups is 1. The normalized spacial score (nSPS) is 10.6. The first kappa shape index (κ1) is 15.6. The molecule has 0 bridgehead atoms. The van der Waals surface area contributed by atoms with Gasteiger partial charge in [-0.1, -0.05) is 40.2 Å². The van der Waals surface area contributed by atoms with Gasteiger partial charge in [0.05, 0.1) is 5.69 Å². The molecule has 0 saturated heterocycles. The van der Waals surface area contributed by atoms with E-state index < -0.39 is 0 Å². The number of hydrogen-bond acceptors (Lipinski definition) is 4. The van der Waals surface area contributed by atoms with Crippen LogP contribution in [0, 0.1) is 0 Å². The zero-order chi connectivity index (χ0) is 13.4. The average Bonchev–Trinajstić information content (AvgIpc) is 2.82. The largest absolute Gasteiger partial charge is 0.341 e. The molecule has 1 amide bonds. The van der Waals surface area contributed by atoms with Crippen molar-refractivity contribution in [2.24, 2.45) is 0 Å². The van der Waals surface area contributed by atoms with Crippen molar-refractivity contribution in [2.75, 3.05) is 18.9 Å². The van der Waals surface area contributed by atoms with Crippen LogP contribution in [0.2, 0.25) is 0 Å². The average molecular weight is 334 g/mol. The summed E-state index contributed by atoms with van der Waals surface area (Å²) in [5.74, 6) is 0.0623. The van der Waals surface area contributed by atoms with Crippen molar-refractivity contribution in [3.05, 3.63) is 10.6 Å². The number of nitrogens with zero attached hydrogens (tertiary/aromatic N) is 3. The summed E-state index contributed by atoms with van der Waals surface area (Å²) in [5, 5.41) is 5.07. The van der Waals surface area contributed by atoms with Crippen molar-refractivity contribution in [1.29, 1.82) is 0 Å². The lowest BCUT2D eigenvalue weighted by molar-refractivity contribution is 0.0796. The van der Waals surface area contributed by atoms with Crippen LogP contribution in [-0.4, -0.2) is 39.3 Å². The highest BCUT2D eigenvalue weighted by atomic mass is 79.9. The molecule has 1 aromatic rings. The lowest BCUT2D eigenvalue weighted by Crippen LogP contribution is -2.27. The maximum atomic E-state index is 12.2. The van der Waals surface area contributed by atoms with Crippen LogP contribution in [0.25, 0.3) is 0 Å². The molecule has 6 heteroatoms. The molecule has 0 atom stereocenters. The Bertz CT molecular complexity index is 370. The van der Waals surface area contributed by atoms with E-state index in [1.165, 1.54) is 11.5 Å². The summed E-state index contributed by atoms with van der Waals surface area (Å²) in [5.41, 5.74) is 0.847. The quantitative estimate of drug-likeness (QED) is 0.542. The summed E-state index contributed by atoms with van der Waals surface area (Å²) >= 11 is 4.62. The van der Waals surface area contributed by atoms with Crippen molar-refractivity contribution in [3.8, 4) is 0 Å². The van der Waals surface area contributed by atoms with Gasteiger partial charge in [0, 0.05) is 18.9 Å². The molecule has 0 aliphatic carbocycles. The molecule has 0 spiro atoms. The Kier molecular flexibility index (Phi) is 7.42. The van der Waals surface area contributed by atoms with E-state index in [0.29, 0.717) is 4.88 Å². The summed E-state index contributed by atoms with van der Waals surface area (Å²) in [7, 11) is 1.85. The fourth-order valence-electron chi connectivity index (χ4n) is 1.67. The first-order valence-corrected chi connectivity index (χ1v) is 8.22. The van der Waals surface area contributed by atoms with Gasteiger partial charge in [-0.3, -0.25) is 4.79 Å². The number of amides is 1. The van der Waals surface area contributed by atoms with Crippen molar-refractivity contribution in [1.82, 2.24) is 14.5 Å². The summed E-state index contributed by atoms with van der Waals surface area (Å²) in [6, 6.07) is 0. The standard InChI is InChI=1S/C12H20BrN3OS/c1-3-7-10-11(18-15-14-10)12(17)16(2)9-6-4-5-8-13/h3-9H2,1-2H3. The predicted molar refractivity (Wildman–Crippen MR) is 78.5 cm³/mol. The SMILES string of the molecule is CCCc1nnsc1C(=O)N(C)CCCCCBr. The van der Waals surface area contributed by atoms with Gasteiger partial charge in [0.1, 0.15) is 4.88 Å². The zero-order valence-electron chi connectivity index (χ0n) is 11.0. The maximum Gasteiger partial charge on any atom is 0.267 e. The first-order chi connectivity index (χ1) is 8.70. The third kappa shape index (κ3) is 4.65. The smallest absolute Gasteiger partial charge is 0.267 e. The Balaban J connectivity index is 2.49. The Hall–Kier alpha value is -0.490. The van der Waals surface area contributed by atoms with E-state index in [1.807, 2.05) is 7.05 Å². The van der Waals surface area contributed by atoms with Gasteiger partial charge in [-0.2, -0.15) is 0 Å². The molecule has 0 fully saturated rings. The number of unbranched alkanes of at least 4 members (excludes halogenated alkanes) is 2. The highest BCUT2D eigenvalue weighted by Gasteiger charge is 2.18. The molecule has 18 heavy (non-hydrogen) atoms. The van der Waals surface area contributed by atoms with Crippen LogP contribution < -0.4 is 0 Å². The van der Waals surface area contributed by atoms with Gasteiger partial charge in [-0.15, -0.1) is 5.10 Å². The van der Waals surface area contributed by atoms with E-state index in [-0.39, 0.29) is 5.91 Å². The fourth-order valence-corrected chi connectivity index (χ4v) is 2.77. The van der Waals surface area contributed by atoms with Gasteiger partial charge >= 0.3 is 0 Å². The molecule has 0 aliphatic rings. The second-order valence-electron chi connectivity index (χ2n) is 4.28. The van der Waals surface area contributed by atoms with Gasteiger partial charge in [-0.05, 0) is 30.8 Å². The molecule has 0 saturated carbocycles. The van der Waals surface area contributed by atoms with Gasteiger partial charge in [0.2, 0.25) is 0 Å². The number of carbonyl (C=O) groups excluding carboxylic acids is 1. The van der Waals surface area contributed by atoms with Crippen LogP contribution in [0.4, 0.5) is 0 Å². The molecule has 1 heterocycles. The summed E-state index contributed by atoms with van der Waals surface area (Å²) in [6.45, 7) is 2.88. The number of halogens is 1.